The molecule has 0 spiro atoms. The van der Waals surface area contributed by atoms with Gasteiger partial charge in [0.2, 0.25) is 6.79 Å². The van der Waals surface area contributed by atoms with Crippen LogP contribution in [0.2, 0.25) is 0 Å². The zero-order valence-electron chi connectivity index (χ0n) is 15.6. The van der Waals surface area contributed by atoms with Gasteiger partial charge in [-0.2, -0.15) is 0 Å². The number of likely N-dealkylation sites (tertiary alicyclic amines) is 1. The van der Waals surface area contributed by atoms with Crippen molar-refractivity contribution in [1.29, 1.82) is 0 Å². The normalized spacial score (nSPS) is 17.9. The molecule has 2 aromatic rings. The van der Waals surface area contributed by atoms with E-state index in [1.807, 2.05) is 36.6 Å². The number of hydrogen-bond acceptors (Lipinski definition) is 5. The van der Waals surface area contributed by atoms with Crippen LogP contribution in [0.5, 0.6) is 11.5 Å². The Labute approximate surface area is 164 Å². The molecule has 0 saturated carbocycles. The van der Waals surface area contributed by atoms with Crippen LogP contribution < -0.4 is 20.1 Å². The molecule has 27 heavy (non-hydrogen) atoms. The Balaban J connectivity index is 1.34. The number of thiophene rings is 1. The highest BCUT2D eigenvalue weighted by Gasteiger charge is 2.24. The second-order valence-electron chi connectivity index (χ2n) is 6.77. The molecule has 2 aliphatic heterocycles. The highest BCUT2D eigenvalue weighted by Crippen LogP contribution is 2.32. The summed E-state index contributed by atoms with van der Waals surface area (Å²) >= 11 is 1.83. The maximum absolute atomic E-state index is 5.45. The first kappa shape index (κ1) is 18.1. The smallest absolute Gasteiger partial charge is 0.231 e. The average Bonchev–Trinajstić information content (AvgIpc) is 3.47. The lowest BCUT2D eigenvalue weighted by atomic mass is 10.2. The fraction of sp³-hybridized carbons (Fsp3) is 0.450. The minimum absolute atomic E-state index is 0.302. The van der Waals surface area contributed by atoms with Gasteiger partial charge in [0.05, 0.1) is 6.04 Å². The second kappa shape index (κ2) is 8.63. The van der Waals surface area contributed by atoms with Crippen molar-refractivity contribution in [2.45, 2.75) is 25.4 Å². The molecular formula is C20H26N4O2S. The number of hydrogen-bond donors (Lipinski definition) is 2. The Morgan fingerprint density at radius 3 is 2.81 bits per heavy atom. The van der Waals surface area contributed by atoms with E-state index >= 15 is 0 Å². The van der Waals surface area contributed by atoms with E-state index in [0.29, 0.717) is 19.4 Å². The molecule has 0 radical (unpaired) electrons. The highest BCUT2D eigenvalue weighted by molar-refractivity contribution is 7.10. The summed E-state index contributed by atoms with van der Waals surface area (Å²) in [6, 6.07) is 10.8. The van der Waals surface area contributed by atoms with Gasteiger partial charge in [-0.25, -0.2) is 0 Å². The summed E-state index contributed by atoms with van der Waals surface area (Å²) in [4.78, 5) is 8.36. The SMILES string of the molecule is CN=C(NCc1ccc2c(c1)OCO2)NCC(c1cccs1)N1CCCC1. The van der Waals surface area contributed by atoms with E-state index in [4.69, 9.17) is 9.47 Å². The van der Waals surface area contributed by atoms with Gasteiger partial charge in [0.1, 0.15) is 0 Å². The lowest BCUT2D eigenvalue weighted by molar-refractivity contribution is 0.174. The van der Waals surface area contributed by atoms with Crippen molar-refractivity contribution < 1.29 is 9.47 Å². The van der Waals surface area contributed by atoms with Crippen LogP contribution in [-0.4, -0.2) is 44.3 Å². The maximum Gasteiger partial charge on any atom is 0.231 e. The molecule has 1 unspecified atom stereocenters. The summed E-state index contributed by atoms with van der Waals surface area (Å²) in [5.74, 6) is 2.43. The number of aliphatic imine (C=N–C) groups is 1. The minimum atomic E-state index is 0.302. The van der Waals surface area contributed by atoms with Crippen molar-refractivity contribution in [3.63, 3.8) is 0 Å². The first-order valence-corrected chi connectivity index (χ1v) is 10.3. The average molecular weight is 387 g/mol. The molecule has 144 valence electrons. The standard InChI is InChI=1S/C20H26N4O2S/c1-21-20(22-12-15-6-7-17-18(11-15)26-14-25-17)23-13-16(19-5-4-10-27-19)24-8-2-3-9-24/h4-7,10-11,16H,2-3,8-9,12-14H2,1H3,(H2,21,22,23). The quantitative estimate of drug-likeness (QED) is 0.590. The molecule has 3 heterocycles. The Kier molecular flexibility index (Phi) is 5.79. The Hall–Kier alpha value is -2.25. The van der Waals surface area contributed by atoms with Gasteiger partial charge in [-0.05, 0) is 55.1 Å². The first-order valence-electron chi connectivity index (χ1n) is 9.44. The van der Waals surface area contributed by atoms with Crippen LogP contribution in [-0.2, 0) is 6.54 Å². The van der Waals surface area contributed by atoms with E-state index in [2.05, 4.69) is 38.0 Å². The zero-order chi connectivity index (χ0) is 18.5. The summed E-state index contributed by atoms with van der Waals surface area (Å²) in [6.07, 6.45) is 2.58. The number of rotatable bonds is 6. The van der Waals surface area contributed by atoms with E-state index < -0.39 is 0 Å². The van der Waals surface area contributed by atoms with Gasteiger partial charge < -0.3 is 20.1 Å². The summed E-state index contributed by atoms with van der Waals surface area (Å²) in [5.41, 5.74) is 1.14. The molecule has 2 aliphatic rings. The van der Waals surface area contributed by atoms with E-state index in [1.165, 1.54) is 30.8 Å². The molecule has 4 rings (SSSR count). The lowest BCUT2D eigenvalue weighted by Crippen LogP contribution is -2.42. The van der Waals surface area contributed by atoms with Crippen LogP contribution >= 0.6 is 11.3 Å². The summed E-state index contributed by atoms with van der Waals surface area (Å²) in [7, 11) is 1.81. The van der Waals surface area contributed by atoms with E-state index in [1.54, 1.807) is 0 Å². The molecule has 0 amide bonds. The minimum Gasteiger partial charge on any atom is -0.454 e. The fourth-order valence-electron chi connectivity index (χ4n) is 3.59. The predicted octanol–water partition coefficient (Wildman–Crippen LogP) is 2.98. The van der Waals surface area contributed by atoms with Crippen LogP contribution in [0.15, 0.2) is 40.7 Å². The lowest BCUT2D eigenvalue weighted by Gasteiger charge is -2.27. The molecule has 6 nitrogen and oxygen atoms in total. The van der Waals surface area contributed by atoms with Crippen molar-refractivity contribution in [2.75, 3.05) is 33.5 Å². The Bertz CT molecular complexity index is 772. The molecular weight excluding hydrogens is 360 g/mol. The van der Waals surface area contributed by atoms with E-state index in [0.717, 1.165) is 29.6 Å². The Morgan fingerprint density at radius 2 is 2.04 bits per heavy atom. The van der Waals surface area contributed by atoms with Gasteiger partial charge in [-0.1, -0.05) is 12.1 Å². The zero-order valence-corrected chi connectivity index (χ0v) is 16.4. The molecule has 1 atom stereocenters. The van der Waals surface area contributed by atoms with Gasteiger partial charge >= 0.3 is 0 Å². The van der Waals surface area contributed by atoms with Crippen LogP contribution in [0, 0.1) is 0 Å². The van der Waals surface area contributed by atoms with Crippen molar-refractivity contribution in [3.8, 4) is 11.5 Å². The van der Waals surface area contributed by atoms with Crippen molar-refractivity contribution in [3.05, 3.63) is 46.2 Å². The molecule has 0 bridgehead atoms. The summed E-state index contributed by atoms with van der Waals surface area (Å²) in [5, 5.41) is 9.06. The number of benzene rings is 1. The fourth-order valence-corrected chi connectivity index (χ4v) is 4.46. The topological polar surface area (TPSA) is 58.1 Å². The maximum atomic E-state index is 5.45. The molecule has 1 aromatic carbocycles. The molecule has 2 N–H and O–H groups in total. The van der Waals surface area contributed by atoms with Gasteiger partial charge in [0, 0.05) is 25.0 Å². The number of fused-ring (bicyclic) bond motifs is 1. The number of ether oxygens (including phenoxy) is 2. The van der Waals surface area contributed by atoms with Gasteiger partial charge in [-0.3, -0.25) is 9.89 Å². The van der Waals surface area contributed by atoms with Crippen LogP contribution in [0.4, 0.5) is 0 Å². The molecule has 1 saturated heterocycles. The largest absolute Gasteiger partial charge is 0.454 e. The third-order valence-electron chi connectivity index (χ3n) is 5.04. The van der Waals surface area contributed by atoms with Gasteiger partial charge in [-0.15, -0.1) is 11.3 Å². The van der Waals surface area contributed by atoms with Crippen molar-refractivity contribution >= 4 is 17.3 Å². The van der Waals surface area contributed by atoms with Gasteiger partial charge in [0.25, 0.3) is 0 Å². The predicted molar refractivity (Wildman–Crippen MR) is 109 cm³/mol. The monoisotopic (exact) mass is 386 g/mol. The van der Waals surface area contributed by atoms with Crippen LogP contribution in [0.1, 0.15) is 29.3 Å². The molecule has 0 aliphatic carbocycles. The molecule has 7 heteroatoms. The number of guanidine groups is 1. The van der Waals surface area contributed by atoms with Crippen molar-refractivity contribution in [1.82, 2.24) is 15.5 Å². The third-order valence-corrected chi connectivity index (χ3v) is 6.01. The molecule has 1 aromatic heterocycles. The summed E-state index contributed by atoms with van der Waals surface area (Å²) < 4.78 is 10.8. The number of nitrogens with one attached hydrogen (secondary N) is 2. The first-order chi connectivity index (χ1) is 13.3. The van der Waals surface area contributed by atoms with Gasteiger partial charge in [0.15, 0.2) is 17.5 Å². The number of nitrogens with zero attached hydrogens (tertiary/aromatic N) is 2. The third kappa shape index (κ3) is 4.36. The summed E-state index contributed by atoms with van der Waals surface area (Å²) in [6.45, 7) is 4.18. The second-order valence-corrected chi connectivity index (χ2v) is 7.75. The van der Waals surface area contributed by atoms with Crippen LogP contribution in [0.25, 0.3) is 0 Å². The highest BCUT2D eigenvalue weighted by atomic mass is 32.1. The van der Waals surface area contributed by atoms with Crippen LogP contribution in [0.3, 0.4) is 0 Å². The Morgan fingerprint density at radius 1 is 1.19 bits per heavy atom. The van der Waals surface area contributed by atoms with Crippen molar-refractivity contribution in [2.24, 2.45) is 4.99 Å². The molecule has 1 fully saturated rings. The van der Waals surface area contributed by atoms with E-state index in [-0.39, 0.29) is 0 Å². The van der Waals surface area contributed by atoms with E-state index in [9.17, 15) is 0 Å².